The third-order valence-electron chi connectivity index (χ3n) is 3.43. The molecule has 2 aromatic heterocycles. The number of nitrogens with zero attached hydrogens (tertiary/aromatic N) is 3. The number of amides is 1. The molecule has 0 saturated heterocycles. The lowest BCUT2D eigenvalue weighted by atomic mass is 10.1. The average molecular weight is 352 g/mol. The fourth-order valence-electron chi connectivity index (χ4n) is 2.36. The van der Waals surface area contributed by atoms with Gasteiger partial charge in [-0.3, -0.25) is 9.48 Å². The summed E-state index contributed by atoms with van der Waals surface area (Å²) >= 11 is 1.34. The second-order valence-corrected chi connectivity index (χ2v) is 6.16. The van der Waals surface area contributed by atoms with Gasteiger partial charge in [-0.05, 0) is 36.1 Å². The first-order valence-electron chi connectivity index (χ1n) is 7.72. The summed E-state index contributed by atoms with van der Waals surface area (Å²) < 4.78 is 7.16. The normalized spacial score (nSPS) is 10.2. The van der Waals surface area contributed by atoms with Crippen LogP contribution in [0, 0.1) is 11.3 Å². The molecule has 6 nitrogen and oxygen atoms in total. The lowest BCUT2D eigenvalue weighted by Gasteiger charge is -2.05. The number of rotatable bonds is 6. The van der Waals surface area contributed by atoms with E-state index < -0.39 is 0 Å². The number of nitrogens with one attached hydrogen (secondary N) is 1. The quantitative estimate of drug-likeness (QED) is 0.736. The SMILES string of the molecule is CCOc1ccsc1C(=O)Nc1cnn(Cc2cccc(C#N)c2)c1. The number of carbonyl (C=O) groups excluding carboxylic acids is 1. The van der Waals surface area contributed by atoms with Gasteiger partial charge in [-0.15, -0.1) is 11.3 Å². The number of aromatic nitrogens is 2. The maximum absolute atomic E-state index is 12.4. The van der Waals surface area contributed by atoms with Crippen molar-refractivity contribution in [1.29, 1.82) is 5.26 Å². The van der Waals surface area contributed by atoms with Crippen molar-refractivity contribution in [3.8, 4) is 11.8 Å². The Morgan fingerprint density at radius 2 is 2.32 bits per heavy atom. The molecule has 0 atom stereocenters. The Balaban J connectivity index is 1.68. The van der Waals surface area contributed by atoms with Crippen LogP contribution in [-0.4, -0.2) is 22.3 Å². The van der Waals surface area contributed by atoms with Gasteiger partial charge in [-0.25, -0.2) is 0 Å². The van der Waals surface area contributed by atoms with Gasteiger partial charge in [0.25, 0.3) is 5.91 Å². The van der Waals surface area contributed by atoms with Gasteiger partial charge < -0.3 is 10.1 Å². The first-order valence-corrected chi connectivity index (χ1v) is 8.60. The summed E-state index contributed by atoms with van der Waals surface area (Å²) in [7, 11) is 0. The molecule has 3 aromatic rings. The zero-order chi connectivity index (χ0) is 17.6. The molecule has 0 aliphatic rings. The van der Waals surface area contributed by atoms with E-state index in [1.165, 1.54) is 11.3 Å². The van der Waals surface area contributed by atoms with Gasteiger partial charge >= 0.3 is 0 Å². The van der Waals surface area contributed by atoms with E-state index in [4.69, 9.17) is 10.00 Å². The Labute approximate surface area is 149 Å². The van der Waals surface area contributed by atoms with Crippen LogP contribution in [0.2, 0.25) is 0 Å². The Morgan fingerprint density at radius 1 is 1.44 bits per heavy atom. The zero-order valence-electron chi connectivity index (χ0n) is 13.6. The van der Waals surface area contributed by atoms with Gasteiger partial charge in [-0.2, -0.15) is 10.4 Å². The highest BCUT2D eigenvalue weighted by atomic mass is 32.1. The molecule has 1 N–H and O–H groups in total. The van der Waals surface area contributed by atoms with Gasteiger partial charge in [0.2, 0.25) is 0 Å². The second kappa shape index (κ2) is 7.64. The summed E-state index contributed by atoms with van der Waals surface area (Å²) in [5.74, 6) is 0.371. The minimum Gasteiger partial charge on any atom is -0.492 e. The van der Waals surface area contributed by atoms with Crippen LogP contribution in [0.25, 0.3) is 0 Å². The molecule has 0 bridgehead atoms. The van der Waals surface area contributed by atoms with Gasteiger partial charge in [0.1, 0.15) is 10.6 Å². The number of hydrogen-bond donors (Lipinski definition) is 1. The van der Waals surface area contributed by atoms with Crippen LogP contribution in [0.4, 0.5) is 5.69 Å². The largest absolute Gasteiger partial charge is 0.492 e. The number of thiophene rings is 1. The molecule has 0 aliphatic heterocycles. The lowest BCUT2D eigenvalue weighted by molar-refractivity contribution is 0.102. The molecule has 0 spiro atoms. The minimum absolute atomic E-state index is 0.218. The number of benzene rings is 1. The van der Waals surface area contributed by atoms with Crippen LogP contribution in [0.5, 0.6) is 5.75 Å². The predicted molar refractivity (Wildman–Crippen MR) is 95.9 cm³/mol. The van der Waals surface area contributed by atoms with E-state index in [0.717, 1.165) is 5.56 Å². The Kier molecular flexibility index (Phi) is 5.11. The third-order valence-corrected chi connectivity index (χ3v) is 4.32. The first kappa shape index (κ1) is 16.7. The van der Waals surface area contributed by atoms with Crippen LogP contribution in [0.1, 0.15) is 27.7 Å². The van der Waals surface area contributed by atoms with Crippen LogP contribution >= 0.6 is 11.3 Å². The van der Waals surface area contributed by atoms with E-state index in [9.17, 15) is 4.79 Å². The van der Waals surface area contributed by atoms with Crippen molar-refractivity contribution in [2.24, 2.45) is 0 Å². The molecule has 7 heteroatoms. The predicted octanol–water partition coefficient (Wildman–Crippen LogP) is 3.52. The number of ether oxygens (including phenoxy) is 1. The van der Waals surface area contributed by atoms with Crippen molar-refractivity contribution in [2.75, 3.05) is 11.9 Å². The molecule has 0 aliphatic carbocycles. The molecule has 3 rings (SSSR count). The molecule has 25 heavy (non-hydrogen) atoms. The van der Waals surface area contributed by atoms with E-state index in [1.807, 2.05) is 30.5 Å². The van der Waals surface area contributed by atoms with Gasteiger partial charge in [0.15, 0.2) is 0 Å². The van der Waals surface area contributed by atoms with E-state index in [2.05, 4.69) is 16.5 Å². The standard InChI is InChI=1S/C18H16N4O2S/c1-2-24-16-6-7-25-17(16)18(23)21-15-10-20-22(12-15)11-14-5-3-4-13(8-14)9-19/h3-8,10,12H,2,11H2,1H3,(H,21,23). The first-order chi connectivity index (χ1) is 12.2. The van der Waals surface area contributed by atoms with Gasteiger partial charge in [0, 0.05) is 6.20 Å². The summed E-state index contributed by atoms with van der Waals surface area (Å²) in [6.45, 7) is 2.91. The fourth-order valence-corrected chi connectivity index (χ4v) is 3.09. The maximum Gasteiger partial charge on any atom is 0.269 e. The number of nitriles is 1. The van der Waals surface area contributed by atoms with Crippen LogP contribution in [-0.2, 0) is 6.54 Å². The molecule has 0 unspecified atom stereocenters. The molecule has 2 heterocycles. The molecule has 0 saturated carbocycles. The molecule has 0 radical (unpaired) electrons. The lowest BCUT2D eigenvalue weighted by Crippen LogP contribution is -2.11. The van der Waals surface area contributed by atoms with E-state index in [1.54, 1.807) is 29.2 Å². The Bertz CT molecular complexity index is 923. The third kappa shape index (κ3) is 4.05. The van der Waals surface area contributed by atoms with Crippen LogP contribution < -0.4 is 10.1 Å². The van der Waals surface area contributed by atoms with Crippen molar-refractivity contribution in [2.45, 2.75) is 13.5 Å². The highest BCUT2D eigenvalue weighted by Gasteiger charge is 2.15. The molecule has 0 fully saturated rings. The summed E-state index contributed by atoms with van der Waals surface area (Å²) in [5.41, 5.74) is 2.19. The monoisotopic (exact) mass is 352 g/mol. The highest BCUT2D eigenvalue weighted by Crippen LogP contribution is 2.25. The van der Waals surface area contributed by atoms with Crippen molar-refractivity contribution in [3.63, 3.8) is 0 Å². The van der Waals surface area contributed by atoms with Crippen LogP contribution in [0.3, 0.4) is 0 Å². The van der Waals surface area contributed by atoms with Crippen molar-refractivity contribution >= 4 is 22.9 Å². The molecular weight excluding hydrogens is 336 g/mol. The summed E-state index contributed by atoms with van der Waals surface area (Å²) in [6, 6.07) is 11.3. The van der Waals surface area contributed by atoms with E-state index in [0.29, 0.717) is 35.0 Å². The van der Waals surface area contributed by atoms with Crippen molar-refractivity contribution in [1.82, 2.24) is 9.78 Å². The van der Waals surface area contributed by atoms with Crippen LogP contribution in [0.15, 0.2) is 48.1 Å². The Morgan fingerprint density at radius 3 is 3.12 bits per heavy atom. The topological polar surface area (TPSA) is 79.9 Å². The number of carbonyl (C=O) groups is 1. The van der Waals surface area contributed by atoms with Crippen molar-refractivity contribution < 1.29 is 9.53 Å². The van der Waals surface area contributed by atoms with Gasteiger partial charge in [-0.1, -0.05) is 12.1 Å². The smallest absolute Gasteiger partial charge is 0.269 e. The maximum atomic E-state index is 12.4. The zero-order valence-corrected chi connectivity index (χ0v) is 14.4. The molecular formula is C18H16N4O2S. The highest BCUT2D eigenvalue weighted by molar-refractivity contribution is 7.12. The summed E-state index contributed by atoms with van der Waals surface area (Å²) in [4.78, 5) is 12.9. The van der Waals surface area contributed by atoms with E-state index in [-0.39, 0.29) is 5.91 Å². The number of hydrogen-bond acceptors (Lipinski definition) is 5. The van der Waals surface area contributed by atoms with Gasteiger partial charge in [0.05, 0.1) is 36.7 Å². The second-order valence-electron chi connectivity index (χ2n) is 5.24. The van der Waals surface area contributed by atoms with E-state index >= 15 is 0 Å². The Hall–Kier alpha value is -3.11. The molecule has 126 valence electrons. The minimum atomic E-state index is -0.218. The fraction of sp³-hybridized carbons (Fsp3) is 0.167. The summed E-state index contributed by atoms with van der Waals surface area (Å²) in [6.07, 6.45) is 3.35. The average Bonchev–Trinajstić information content (AvgIpc) is 3.25. The molecule has 1 amide bonds. The molecule has 1 aromatic carbocycles. The van der Waals surface area contributed by atoms with Crippen molar-refractivity contribution in [3.05, 3.63) is 64.1 Å². The summed E-state index contributed by atoms with van der Waals surface area (Å²) in [5, 5.41) is 17.9. The number of anilines is 1.